The van der Waals surface area contributed by atoms with E-state index < -0.39 is 13.1 Å². The molecule has 166 valence electrons. The molecule has 3 N–H and O–H groups in total. The van der Waals surface area contributed by atoms with Gasteiger partial charge in [-0.25, -0.2) is 0 Å². The van der Waals surface area contributed by atoms with Crippen molar-refractivity contribution in [2.45, 2.75) is 62.9 Å². The predicted molar refractivity (Wildman–Crippen MR) is 122 cm³/mol. The molecule has 1 fully saturated rings. The van der Waals surface area contributed by atoms with E-state index >= 15 is 0 Å². The molecule has 1 saturated carbocycles. The fourth-order valence-corrected chi connectivity index (χ4v) is 5.16. The molecule has 6 nitrogen and oxygen atoms in total. The van der Waals surface area contributed by atoms with Gasteiger partial charge in [0.2, 0.25) is 5.91 Å². The van der Waals surface area contributed by atoms with Gasteiger partial charge in [-0.2, -0.15) is 0 Å². The summed E-state index contributed by atoms with van der Waals surface area (Å²) in [5.74, 6) is -0.135. The number of furan rings is 1. The van der Waals surface area contributed by atoms with Crippen molar-refractivity contribution in [1.29, 1.82) is 0 Å². The summed E-state index contributed by atoms with van der Waals surface area (Å²) < 4.78 is 11.9. The Morgan fingerprint density at radius 1 is 1.12 bits per heavy atom. The Morgan fingerprint density at radius 3 is 2.75 bits per heavy atom. The van der Waals surface area contributed by atoms with Gasteiger partial charge in [0, 0.05) is 5.39 Å². The summed E-state index contributed by atoms with van der Waals surface area (Å²) in [5.41, 5.74) is 3.62. The van der Waals surface area contributed by atoms with Gasteiger partial charge in [-0.15, -0.1) is 0 Å². The summed E-state index contributed by atoms with van der Waals surface area (Å²) in [6, 6.07) is 13.5. The zero-order valence-corrected chi connectivity index (χ0v) is 18.0. The number of rotatable bonds is 6. The third-order valence-electron chi connectivity index (χ3n) is 6.89. The quantitative estimate of drug-likeness (QED) is 0.519. The fourth-order valence-electron chi connectivity index (χ4n) is 5.16. The van der Waals surface area contributed by atoms with E-state index in [2.05, 4.69) is 5.32 Å². The summed E-state index contributed by atoms with van der Waals surface area (Å²) in [6.45, 7) is 0. The average Bonchev–Trinajstić information content (AvgIpc) is 3.41. The van der Waals surface area contributed by atoms with Crippen LogP contribution in [0.15, 0.2) is 53.1 Å². The van der Waals surface area contributed by atoms with E-state index in [1.165, 1.54) is 12.8 Å². The molecule has 2 heterocycles. The summed E-state index contributed by atoms with van der Waals surface area (Å²) >= 11 is 0. The van der Waals surface area contributed by atoms with Gasteiger partial charge >= 0.3 is 7.12 Å². The van der Waals surface area contributed by atoms with Gasteiger partial charge in [0.15, 0.2) is 0 Å². The van der Waals surface area contributed by atoms with Gasteiger partial charge in [-0.3, -0.25) is 4.79 Å². The molecule has 2 aromatic carbocycles. The molecule has 0 saturated heterocycles. The molecule has 1 unspecified atom stereocenters. The molecule has 0 radical (unpaired) electrons. The number of benzene rings is 2. The molecule has 32 heavy (non-hydrogen) atoms. The number of hydrogen-bond donors (Lipinski definition) is 3. The molecule has 5 rings (SSSR count). The maximum atomic E-state index is 12.7. The van der Waals surface area contributed by atoms with E-state index in [4.69, 9.17) is 9.15 Å². The first kappa shape index (κ1) is 21.1. The van der Waals surface area contributed by atoms with Crippen LogP contribution in [0.25, 0.3) is 11.0 Å². The zero-order chi connectivity index (χ0) is 22.1. The molecule has 1 amide bonds. The summed E-state index contributed by atoms with van der Waals surface area (Å²) in [7, 11) is -1.67. The van der Waals surface area contributed by atoms with Gasteiger partial charge < -0.3 is 24.5 Å². The Balaban J connectivity index is 1.24. The first-order chi connectivity index (χ1) is 15.5. The molecule has 2 aliphatic rings. The Kier molecular flexibility index (Phi) is 5.70. The Labute approximate surface area is 187 Å². The number of carbonyl (C=O) groups is 1. The van der Waals surface area contributed by atoms with Crippen LogP contribution in [0.2, 0.25) is 0 Å². The molecule has 3 aromatic rings. The van der Waals surface area contributed by atoms with Crippen LogP contribution in [0, 0.1) is 0 Å². The Hall–Kier alpha value is -2.77. The van der Waals surface area contributed by atoms with Crippen LogP contribution in [-0.2, 0) is 24.1 Å². The average molecular weight is 433 g/mol. The molecular weight excluding hydrogens is 405 g/mol. The third-order valence-corrected chi connectivity index (χ3v) is 6.89. The molecule has 1 aliphatic heterocycles. The van der Waals surface area contributed by atoms with Crippen molar-refractivity contribution in [1.82, 2.24) is 5.32 Å². The Bertz CT molecular complexity index is 1120. The predicted octanol–water partition coefficient (Wildman–Crippen LogP) is 3.35. The first-order valence-corrected chi connectivity index (χ1v) is 11.4. The highest BCUT2D eigenvalue weighted by molar-refractivity contribution is 6.43. The lowest BCUT2D eigenvalue weighted by Crippen LogP contribution is -2.48. The van der Waals surface area contributed by atoms with Crippen molar-refractivity contribution in [2.75, 3.05) is 0 Å². The van der Waals surface area contributed by atoms with E-state index in [-0.39, 0.29) is 24.3 Å². The van der Waals surface area contributed by atoms with Gasteiger partial charge in [0.25, 0.3) is 0 Å². The monoisotopic (exact) mass is 433 g/mol. The minimum Gasteiger partial charge on any atom is -0.487 e. The van der Waals surface area contributed by atoms with Crippen molar-refractivity contribution >= 4 is 24.0 Å². The van der Waals surface area contributed by atoms with Gasteiger partial charge in [0.05, 0.1) is 18.6 Å². The second-order valence-electron chi connectivity index (χ2n) is 9.16. The van der Waals surface area contributed by atoms with E-state index in [0.29, 0.717) is 0 Å². The SMILES string of the molecule is O=C(Cc1ccc2c(c1)CCC1(CCCC1)O2)NC(Cc1coc2ccccc12)B(O)O. The van der Waals surface area contributed by atoms with Crippen LogP contribution in [0.3, 0.4) is 0 Å². The number of carbonyl (C=O) groups excluding carboxylic acids is 1. The number of para-hydroxylation sites is 1. The normalized spacial score (nSPS) is 17.7. The van der Waals surface area contributed by atoms with E-state index in [9.17, 15) is 14.8 Å². The third kappa shape index (κ3) is 4.27. The van der Waals surface area contributed by atoms with E-state index in [1.807, 2.05) is 42.5 Å². The summed E-state index contributed by atoms with van der Waals surface area (Å²) in [6.07, 6.45) is 8.78. The highest BCUT2D eigenvalue weighted by atomic mass is 16.5. The smallest absolute Gasteiger partial charge is 0.475 e. The molecule has 1 atom stereocenters. The maximum Gasteiger partial charge on any atom is 0.475 e. The molecule has 7 heteroatoms. The van der Waals surface area contributed by atoms with Crippen LogP contribution in [0.5, 0.6) is 5.75 Å². The van der Waals surface area contributed by atoms with Crippen LogP contribution in [0.4, 0.5) is 0 Å². The van der Waals surface area contributed by atoms with Crippen molar-refractivity contribution in [3.8, 4) is 5.75 Å². The number of ether oxygens (including phenoxy) is 1. The number of hydrogen-bond acceptors (Lipinski definition) is 5. The lowest BCUT2D eigenvalue weighted by atomic mass is 9.75. The van der Waals surface area contributed by atoms with Crippen LogP contribution >= 0.6 is 0 Å². The summed E-state index contributed by atoms with van der Waals surface area (Å²) in [5, 5.41) is 23.4. The molecule has 0 bridgehead atoms. The number of nitrogens with one attached hydrogen (secondary N) is 1. The minimum atomic E-state index is -1.67. The molecule has 1 spiro atoms. The second kappa shape index (κ2) is 8.64. The largest absolute Gasteiger partial charge is 0.487 e. The number of aryl methyl sites for hydroxylation is 1. The van der Waals surface area contributed by atoms with Gasteiger partial charge in [-0.05, 0) is 73.8 Å². The standard InChI is InChI=1S/C25H28BNO5/c28-24(27-23(26(29)30)15-19-16-31-22-6-2-1-5-20(19)22)14-17-7-8-21-18(13-17)9-12-25(32-21)10-3-4-11-25/h1-2,5-8,13,16,23,29-30H,3-4,9-12,14-15H2,(H,27,28). The molecule has 1 aliphatic carbocycles. The zero-order valence-electron chi connectivity index (χ0n) is 18.0. The lowest BCUT2D eigenvalue weighted by molar-refractivity contribution is -0.120. The van der Waals surface area contributed by atoms with E-state index in [1.54, 1.807) is 6.26 Å². The molecular formula is C25H28BNO5. The van der Waals surface area contributed by atoms with E-state index in [0.717, 1.165) is 59.1 Å². The van der Waals surface area contributed by atoms with Crippen molar-refractivity contribution in [3.63, 3.8) is 0 Å². The maximum absolute atomic E-state index is 12.7. The van der Waals surface area contributed by atoms with Crippen molar-refractivity contribution in [2.24, 2.45) is 0 Å². The van der Waals surface area contributed by atoms with Crippen LogP contribution in [0.1, 0.15) is 48.8 Å². The Morgan fingerprint density at radius 2 is 1.94 bits per heavy atom. The highest BCUT2D eigenvalue weighted by Gasteiger charge is 2.39. The lowest BCUT2D eigenvalue weighted by Gasteiger charge is -2.35. The first-order valence-electron chi connectivity index (χ1n) is 11.4. The second-order valence-corrected chi connectivity index (χ2v) is 9.16. The fraction of sp³-hybridized carbons (Fsp3) is 0.400. The van der Waals surface area contributed by atoms with Crippen LogP contribution in [-0.4, -0.2) is 34.6 Å². The highest BCUT2D eigenvalue weighted by Crippen LogP contribution is 2.43. The topological polar surface area (TPSA) is 91.9 Å². The van der Waals surface area contributed by atoms with Crippen molar-refractivity contribution in [3.05, 3.63) is 65.4 Å². The van der Waals surface area contributed by atoms with Crippen LogP contribution < -0.4 is 10.1 Å². The van der Waals surface area contributed by atoms with Gasteiger partial charge in [-0.1, -0.05) is 30.3 Å². The summed E-state index contributed by atoms with van der Waals surface area (Å²) in [4.78, 5) is 12.7. The van der Waals surface area contributed by atoms with Crippen molar-refractivity contribution < 1.29 is 24.0 Å². The minimum absolute atomic E-state index is 0.0215. The number of amides is 1. The number of fused-ring (bicyclic) bond motifs is 2. The van der Waals surface area contributed by atoms with Gasteiger partial charge in [0.1, 0.15) is 16.9 Å². The molecule has 1 aromatic heterocycles.